The average molecular weight is 701 g/mol. The number of benzene rings is 1. The van der Waals surface area contributed by atoms with Crippen molar-refractivity contribution in [3.8, 4) is 0 Å². The van der Waals surface area contributed by atoms with Crippen molar-refractivity contribution in [2.75, 3.05) is 52.5 Å². The van der Waals surface area contributed by atoms with Crippen LogP contribution in [-0.4, -0.2) is 74.2 Å². The SMILES string of the molecule is CCCCCCCCCCCCCCN(CC)CCOC(=O)c1cccc(C(=O)OCCN(CC)CCCCCCCCCCCCCC)c1. The Morgan fingerprint density at radius 3 is 1.04 bits per heavy atom. The summed E-state index contributed by atoms with van der Waals surface area (Å²) in [5.74, 6) is -0.777. The van der Waals surface area contributed by atoms with Crippen LogP contribution in [0.5, 0.6) is 0 Å². The summed E-state index contributed by atoms with van der Waals surface area (Å²) in [5, 5.41) is 0. The average Bonchev–Trinajstić information content (AvgIpc) is 3.14. The number of hydrogen-bond donors (Lipinski definition) is 0. The lowest BCUT2D eigenvalue weighted by Crippen LogP contribution is -2.29. The second-order valence-electron chi connectivity index (χ2n) is 14.5. The number of hydrogen-bond acceptors (Lipinski definition) is 6. The molecule has 0 aliphatic carbocycles. The third-order valence-electron chi connectivity index (χ3n) is 10.2. The van der Waals surface area contributed by atoms with Crippen LogP contribution in [0.1, 0.15) is 203 Å². The monoisotopic (exact) mass is 701 g/mol. The number of nitrogens with zero attached hydrogens (tertiary/aromatic N) is 2. The molecule has 0 spiro atoms. The largest absolute Gasteiger partial charge is 0.461 e. The Balaban J connectivity index is 2.17. The van der Waals surface area contributed by atoms with Gasteiger partial charge in [-0.1, -0.05) is 175 Å². The van der Waals surface area contributed by atoms with Gasteiger partial charge in [-0.15, -0.1) is 0 Å². The molecule has 6 nitrogen and oxygen atoms in total. The number of esters is 2. The van der Waals surface area contributed by atoms with Crippen molar-refractivity contribution in [2.24, 2.45) is 0 Å². The first-order chi connectivity index (χ1) is 24.5. The van der Waals surface area contributed by atoms with Gasteiger partial charge in [-0.3, -0.25) is 0 Å². The van der Waals surface area contributed by atoms with E-state index < -0.39 is 0 Å². The fraction of sp³-hybridized carbons (Fsp3) is 0.818. The van der Waals surface area contributed by atoms with Crippen LogP contribution in [0.3, 0.4) is 0 Å². The number of carbonyl (C=O) groups excluding carboxylic acids is 2. The lowest BCUT2D eigenvalue weighted by atomic mass is 10.1. The molecule has 0 saturated carbocycles. The van der Waals surface area contributed by atoms with Gasteiger partial charge in [0.25, 0.3) is 0 Å². The van der Waals surface area contributed by atoms with Gasteiger partial charge >= 0.3 is 11.9 Å². The molecule has 0 aliphatic rings. The van der Waals surface area contributed by atoms with Crippen LogP contribution < -0.4 is 0 Å². The summed E-state index contributed by atoms with van der Waals surface area (Å²) >= 11 is 0. The van der Waals surface area contributed by atoms with E-state index in [1.807, 2.05) is 0 Å². The maximum Gasteiger partial charge on any atom is 0.338 e. The van der Waals surface area contributed by atoms with Gasteiger partial charge in [0, 0.05) is 13.1 Å². The van der Waals surface area contributed by atoms with Gasteiger partial charge in [0.1, 0.15) is 13.2 Å². The third kappa shape index (κ3) is 25.9. The lowest BCUT2D eigenvalue weighted by Gasteiger charge is -2.20. The highest BCUT2D eigenvalue weighted by Crippen LogP contribution is 2.14. The normalized spacial score (nSPS) is 11.5. The summed E-state index contributed by atoms with van der Waals surface area (Å²) in [7, 11) is 0. The summed E-state index contributed by atoms with van der Waals surface area (Å²) in [6.07, 6.45) is 32.5. The molecule has 0 atom stereocenters. The molecule has 0 N–H and O–H groups in total. The van der Waals surface area contributed by atoms with E-state index in [0.29, 0.717) is 24.3 Å². The van der Waals surface area contributed by atoms with Gasteiger partial charge in [0.05, 0.1) is 11.1 Å². The zero-order chi connectivity index (χ0) is 36.3. The van der Waals surface area contributed by atoms with E-state index in [-0.39, 0.29) is 11.9 Å². The van der Waals surface area contributed by atoms with Crippen molar-refractivity contribution in [2.45, 2.75) is 182 Å². The highest BCUT2D eigenvalue weighted by molar-refractivity contribution is 5.95. The van der Waals surface area contributed by atoms with Crippen LogP contribution in [-0.2, 0) is 9.47 Å². The minimum atomic E-state index is -0.388. The first-order valence-electron chi connectivity index (χ1n) is 21.4. The predicted molar refractivity (Wildman–Crippen MR) is 213 cm³/mol. The quantitative estimate of drug-likeness (QED) is 0.0513. The van der Waals surface area contributed by atoms with Gasteiger partial charge in [0.15, 0.2) is 0 Å². The van der Waals surface area contributed by atoms with E-state index in [9.17, 15) is 9.59 Å². The zero-order valence-corrected chi connectivity index (χ0v) is 33.5. The molecule has 1 rings (SSSR count). The molecular weight excluding hydrogens is 620 g/mol. The minimum absolute atomic E-state index is 0.353. The second-order valence-corrected chi connectivity index (χ2v) is 14.5. The summed E-state index contributed by atoms with van der Waals surface area (Å²) in [4.78, 5) is 30.2. The Labute approximate surface area is 309 Å². The van der Waals surface area contributed by atoms with Crippen molar-refractivity contribution < 1.29 is 19.1 Å². The molecule has 1 aromatic carbocycles. The van der Waals surface area contributed by atoms with Gasteiger partial charge in [0.2, 0.25) is 0 Å². The minimum Gasteiger partial charge on any atom is -0.461 e. The maximum atomic E-state index is 12.8. The summed E-state index contributed by atoms with van der Waals surface area (Å²) in [5.41, 5.74) is 0.788. The van der Waals surface area contributed by atoms with E-state index in [1.165, 1.54) is 154 Å². The Bertz CT molecular complexity index is 854. The summed E-state index contributed by atoms with van der Waals surface area (Å²) < 4.78 is 11.2. The number of likely N-dealkylation sites (N-methyl/N-ethyl adjacent to an activating group) is 2. The smallest absolute Gasteiger partial charge is 0.338 e. The van der Waals surface area contributed by atoms with E-state index in [4.69, 9.17) is 9.47 Å². The molecule has 290 valence electrons. The molecule has 0 aromatic heterocycles. The Morgan fingerprint density at radius 2 is 0.740 bits per heavy atom. The van der Waals surface area contributed by atoms with Crippen LogP contribution >= 0.6 is 0 Å². The second kappa shape index (κ2) is 34.2. The van der Waals surface area contributed by atoms with Crippen LogP contribution in [0, 0.1) is 0 Å². The zero-order valence-electron chi connectivity index (χ0n) is 33.5. The highest BCUT2D eigenvalue weighted by atomic mass is 16.5. The fourth-order valence-electron chi connectivity index (χ4n) is 6.68. The molecule has 6 heteroatoms. The molecule has 0 aliphatic heterocycles. The Kier molecular flexibility index (Phi) is 31.5. The van der Waals surface area contributed by atoms with Gasteiger partial charge < -0.3 is 19.3 Å². The van der Waals surface area contributed by atoms with E-state index in [1.54, 1.807) is 24.3 Å². The van der Waals surface area contributed by atoms with Crippen molar-refractivity contribution in [1.82, 2.24) is 9.80 Å². The molecule has 0 fully saturated rings. The Hall–Kier alpha value is -1.92. The van der Waals surface area contributed by atoms with E-state index >= 15 is 0 Å². The number of rotatable bonds is 36. The predicted octanol–water partition coefficient (Wildman–Crippen LogP) is 12.0. The highest BCUT2D eigenvalue weighted by Gasteiger charge is 2.14. The molecular formula is C44H80N2O4. The van der Waals surface area contributed by atoms with Crippen molar-refractivity contribution >= 4 is 11.9 Å². The molecule has 50 heavy (non-hydrogen) atoms. The van der Waals surface area contributed by atoms with Gasteiger partial charge in [-0.2, -0.15) is 0 Å². The van der Waals surface area contributed by atoms with Crippen molar-refractivity contribution in [3.05, 3.63) is 35.4 Å². The summed E-state index contributed by atoms with van der Waals surface area (Å²) in [6.45, 7) is 15.0. The number of unbranched alkanes of at least 4 members (excludes halogenated alkanes) is 22. The fourth-order valence-corrected chi connectivity index (χ4v) is 6.68. The first-order valence-corrected chi connectivity index (χ1v) is 21.4. The van der Waals surface area contributed by atoms with E-state index in [2.05, 4.69) is 37.5 Å². The van der Waals surface area contributed by atoms with Gasteiger partial charge in [-0.25, -0.2) is 9.59 Å². The number of carbonyl (C=O) groups is 2. The van der Waals surface area contributed by atoms with Crippen LogP contribution in [0.4, 0.5) is 0 Å². The first kappa shape index (κ1) is 46.1. The van der Waals surface area contributed by atoms with Crippen LogP contribution in [0.2, 0.25) is 0 Å². The lowest BCUT2D eigenvalue weighted by molar-refractivity contribution is 0.0461. The molecule has 0 heterocycles. The van der Waals surface area contributed by atoms with Crippen LogP contribution in [0.15, 0.2) is 24.3 Å². The number of ether oxygens (including phenoxy) is 2. The maximum absolute atomic E-state index is 12.8. The summed E-state index contributed by atoms with van der Waals surface area (Å²) in [6, 6.07) is 6.73. The van der Waals surface area contributed by atoms with Gasteiger partial charge in [-0.05, 0) is 57.2 Å². The molecule has 0 unspecified atom stereocenters. The van der Waals surface area contributed by atoms with E-state index in [0.717, 1.165) is 39.3 Å². The molecule has 1 aromatic rings. The van der Waals surface area contributed by atoms with Crippen LogP contribution in [0.25, 0.3) is 0 Å². The standard InChI is InChI=1S/C44H80N2O4/c1-5-9-11-13-15-17-19-21-23-25-27-29-34-45(7-3)36-38-49-43(47)41-32-31-33-42(40-41)44(48)50-39-37-46(8-4)35-30-28-26-24-22-20-18-16-14-12-10-6-2/h31-33,40H,5-30,34-39H2,1-4H3. The molecule has 0 saturated heterocycles. The molecule has 0 amide bonds. The molecule has 0 bridgehead atoms. The molecule has 0 radical (unpaired) electrons. The third-order valence-corrected chi connectivity index (χ3v) is 10.2. The van der Waals surface area contributed by atoms with Crippen molar-refractivity contribution in [3.63, 3.8) is 0 Å². The van der Waals surface area contributed by atoms with Crippen molar-refractivity contribution in [1.29, 1.82) is 0 Å². The topological polar surface area (TPSA) is 59.1 Å². The Morgan fingerprint density at radius 1 is 0.440 bits per heavy atom.